The molecular formula is C55H52O10. The molecule has 0 N–H and O–H groups in total. The first kappa shape index (κ1) is 43.7. The molecule has 1 atom stereocenters. The lowest BCUT2D eigenvalue weighted by Gasteiger charge is -2.56. The van der Waals surface area contributed by atoms with Crippen LogP contribution in [-0.2, 0) is 54.6 Å². The molecule has 0 aliphatic heterocycles. The smallest absolute Gasteiger partial charge is 0.330 e. The average Bonchev–Trinajstić information content (AvgIpc) is 3.66. The first-order chi connectivity index (χ1) is 31.9. The Labute approximate surface area is 379 Å². The second-order valence-electron chi connectivity index (χ2n) is 16.2. The van der Waals surface area contributed by atoms with E-state index < -0.39 is 28.5 Å². The Morgan fingerprint density at radius 2 is 0.954 bits per heavy atom. The lowest BCUT2D eigenvalue weighted by Crippen LogP contribution is -2.58. The molecule has 0 fully saturated rings. The van der Waals surface area contributed by atoms with Gasteiger partial charge in [0, 0.05) is 26.7 Å². The number of methoxy groups -OCH3 is 2. The second-order valence-corrected chi connectivity index (χ2v) is 16.2. The van der Waals surface area contributed by atoms with E-state index in [1.165, 1.54) is 22.3 Å². The molecule has 1 unspecified atom stereocenters. The molecule has 0 aromatic heterocycles. The van der Waals surface area contributed by atoms with Crippen molar-refractivity contribution in [2.24, 2.45) is 5.92 Å². The number of carbonyl (C=O) groups is 2. The quantitative estimate of drug-likeness (QED) is 0.0419. The molecule has 0 saturated heterocycles. The summed E-state index contributed by atoms with van der Waals surface area (Å²) in [4.78, 5) is 25.2. The Bertz CT molecular complexity index is 2560. The normalized spacial score (nSPS) is 19.3. The fraction of sp³-hybridized carbons (Fsp3) is 0.273. The molecule has 4 aliphatic rings. The van der Waals surface area contributed by atoms with Crippen molar-refractivity contribution in [1.82, 2.24) is 0 Å². The number of ether oxygens (including phenoxy) is 8. The van der Waals surface area contributed by atoms with Gasteiger partial charge in [0.15, 0.2) is 0 Å². The van der Waals surface area contributed by atoms with Crippen LogP contribution in [0.25, 0.3) is 11.1 Å². The molecule has 6 aromatic carbocycles. The zero-order valence-electron chi connectivity index (χ0n) is 36.7. The van der Waals surface area contributed by atoms with Crippen molar-refractivity contribution >= 4 is 11.9 Å². The predicted octanol–water partition coefficient (Wildman–Crippen LogP) is 8.93. The Morgan fingerprint density at radius 1 is 0.523 bits per heavy atom. The SMILES string of the molecule is C=CC(=O)OCCOCCOc1ccc(C2(c3ccc(OCCOCCOC(=O)C4CC5(OC)c6ccccc6C4(OC)c4ccccc45)cc3)c3ccccc3-c3ccccc32)cc1. The van der Waals surface area contributed by atoms with Gasteiger partial charge < -0.3 is 37.9 Å². The highest BCUT2D eigenvalue weighted by molar-refractivity contribution is 5.86. The number of hydrogen-bond acceptors (Lipinski definition) is 10. The van der Waals surface area contributed by atoms with E-state index in [9.17, 15) is 9.59 Å². The van der Waals surface area contributed by atoms with Crippen LogP contribution in [0.15, 0.2) is 158 Å². The molecule has 4 aliphatic carbocycles. The average molecular weight is 873 g/mol. The first-order valence-corrected chi connectivity index (χ1v) is 22.0. The lowest BCUT2D eigenvalue weighted by atomic mass is 9.54. The third-order valence-electron chi connectivity index (χ3n) is 13.1. The van der Waals surface area contributed by atoms with Crippen LogP contribution in [0.5, 0.6) is 11.5 Å². The molecule has 0 spiro atoms. The molecule has 332 valence electrons. The predicted molar refractivity (Wildman–Crippen MR) is 245 cm³/mol. The van der Waals surface area contributed by atoms with Crippen LogP contribution in [0.3, 0.4) is 0 Å². The van der Waals surface area contributed by atoms with E-state index in [4.69, 9.17) is 37.9 Å². The third-order valence-corrected chi connectivity index (χ3v) is 13.1. The van der Waals surface area contributed by atoms with Gasteiger partial charge in [0.05, 0.1) is 37.8 Å². The van der Waals surface area contributed by atoms with Crippen molar-refractivity contribution in [3.05, 3.63) is 203 Å². The van der Waals surface area contributed by atoms with Crippen LogP contribution in [0.1, 0.15) is 50.9 Å². The van der Waals surface area contributed by atoms with Crippen molar-refractivity contribution in [1.29, 1.82) is 0 Å². The summed E-state index contributed by atoms with van der Waals surface area (Å²) in [6.07, 6.45) is 1.53. The minimum atomic E-state index is -0.997. The summed E-state index contributed by atoms with van der Waals surface area (Å²) in [5.74, 6) is -0.00152. The number of hydrogen-bond donors (Lipinski definition) is 0. The fourth-order valence-electron chi connectivity index (χ4n) is 10.4. The van der Waals surface area contributed by atoms with E-state index in [-0.39, 0.29) is 32.4 Å². The topological polar surface area (TPSA) is 108 Å². The number of esters is 2. The third kappa shape index (κ3) is 7.60. The zero-order chi connectivity index (χ0) is 44.9. The van der Waals surface area contributed by atoms with Crippen LogP contribution in [0.4, 0.5) is 0 Å². The highest BCUT2D eigenvalue weighted by Crippen LogP contribution is 2.62. The van der Waals surface area contributed by atoms with Gasteiger partial charge >= 0.3 is 11.9 Å². The largest absolute Gasteiger partial charge is 0.491 e. The summed E-state index contributed by atoms with van der Waals surface area (Å²) in [6, 6.07) is 49.8. The van der Waals surface area contributed by atoms with Crippen LogP contribution in [0.2, 0.25) is 0 Å². The minimum absolute atomic E-state index is 0.0935. The van der Waals surface area contributed by atoms with Crippen molar-refractivity contribution in [2.75, 3.05) is 67.1 Å². The molecule has 10 heteroatoms. The second kappa shape index (κ2) is 18.9. The Balaban J connectivity index is 0.824. The molecular weight excluding hydrogens is 821 g/mol. The van der Waals surface area contributed by atoms with Crippen molar-refractivity contribution < 1.29 is 47.5 Å². The molecule has 65 heavy (non-hydrogen) atoms. The highest BCUT2D eigenvalue weighted by Gasteiger charge is 2.64. The summed E-state index contributed by atoms with van der Waals surface area (Å²) in [5.41, 5.74) is 8.49. The Morgan fingerprint density at radius 3 is 1.42 bits per heavy atom. The number of carbonyl (C=O) groups excluding carboxylic acids is 2. The van der Waals surface area contributed by atoms with Gasteiger partial charge in [-0.1, -0.05) is 128 Å². The van der Waals surface area contributed by atoms with Crippen LogP contribution >= 0.6 is 0 Å². The van der Waals surface area contributed by atoms with Crippen molar-refractivity contribution in [3.8, 4) is 22.6 Å². The first-order valence-electron chi connectivity index (χ1n) is 22.0. The number of benzene rings is 6. The van der Waals surface area contributed by atoms with Gasteiger partial charge in [0.25, 0.3) is 0 Å². The van der Waals surface area contributed by atoms with E-state index in [0.717, 1.165) is 45.2 Å². The molecule has 10 nitrogen and oxygen atoms in total. The number of fused-ring (bicyclic) bond motifs is 4. The van der Waals surface area contributed by atoms with Crippen molar-refractivity contribution in [3.63, 3.8) is 0 Å². The Hall–Kier alpha value is -6.56. The number of rotatable bonds is 20. The van der Waals surface area contributed by atoms with Gasteiger partial charge in [0.2, 0.25) is 0 Å². The van der Waals surface area contributed by atoms with Gasteiger partial charge in [-0.2, -0.15) is 0 Å². The maximum absolute atomic E-state index is 13.9. The molecule has 0 saturated carbocycles. The van der Waals surface area contributed by atoms with Gasteiger partial charge in [-0.05, 0) is 79.9 Å². The molecule has 6 aromatic rings. The van der Waals surface area contributed by atoms with Crippen LogP contribution in [0, 0.1) is 5.92 Å². The van der Waals surface area contributed by atoms with E-state index >= 15 is 0 Å². The summed E-state index contributed by atoms with van der Waals surface area (Å²) in [6.45, 7) is 5.48. The molecule has 2 bridgehead atoms. The maximum atomic E-state index is 13.9. The monoisotopic (exact) mass is 872 g/mol. The Kier molecular flexibility index (Phi) is 12.7. The van der Waals surface area contributed by atoms with E-state index in [1.54, 1.807) is 14.2 Å². The lowest BCUT2D eigenvalue weighted by molar-refractivity contribution is -0.174. The highest BCUT2D eigenvalue weighted by atomic mass is 16.6. The fourth-order valence-corrected chi connectivity index (χ4v) is 10.4. The molecule has 0 amide bonds. The van der Waals surface area contributed by atoms with E-state index in [2.05, 4.69) is 91.5 Å². The summed E-state index contributed by atoms with van der Waals surface area (Å²) in [5, 5.41) is 0. The minimum Gasteiger partial charge on any atom is -0.491 e. The van der Waals surface area contributed by atoms with Gasteiger partial charge in [0.1, 0.15) is 49.1 Å². The summed E-state index contributed by atoms with van der Waals surface area (Å²) >= 11 is 0. The molecule has 0 radical (unpaired) electrons. The molecule has 0 heterocycles. The standard InChI is InChI=1S/C55H52O10/c1-4-51(56)64-35-31-60-29-33-62-40-25-21-38(22-26-40)54(44-15-7-5-13-42(44)43-14-6-8-16-45(43)54)39-23-27-41(28-24-39)63-34-30-61-32-36-65-52(57)50-37-53(58-2)46-17-9-11-19-48(46)55(50,59-3)49-20-12-10-18-47(49)53/h4-28,50H,1,29-37H2,2-3H3. The van der Waals surface area contributed by atoms with Crippen molar-refractivity contribution in [2.45, 2.75) is 23.0 Å². The van der Waals surface area contributed by atoms with Gasteiger partial charge in [-0.15, -0.1) is 0 Å². The van der Waals surface area contributed by atoms with E-state index in [0.29, 0.717) is 38.6 Å². The maximum Gasteiger partial charge on any atom is 0.330 e. The van der Waals surface area contributed by atoms with Gasteiger partial charge in [-0.3, -0.25) is 4.79 Å². The molecule has 10 rings (SSSR count). The van der Waals surface area contributed by atoms with Gasteiger partial charge in [-0.25, -0.2) is 4.79 Å². The van der Waals surface area contributed by atoms with Crippen LogP contribution in [-0.4, -0.2) is 79.0 Å². The van der Waals surface area contributed by atoms with Crippen LogP contribution < -0.4 is 9.47 Å². The van der Waals surface area contributed by atoms with E-state index in [1.807, 2.05) is 60.7 Å². The summed E-state index contributed by atoms with van der Waals surface area (Å²) in [7, 11) is 3.36. The zero-order valence-corrected chi connectivity index (χ0v) is 36.7. The summed E-state index contributed by atoms with van der Waals surface area (Å²) < 4.78 is 47.1.